The van der Waals surface area contributed by atoms with E-state index in [0.717, 1.165) is 0 Å². The molecule has 0 N–H and O–H groups in total. The number of halogens is 2. The molecule has 1 rings (SSSR count). The standard InChI is InChI=1S/C10H7BrFNO/c1-6-8(9(14)4-11)3-2-7(5-13)10(6)12/h2-3H,4H2,1H3. The van der Waals surface area contributed by atoms with Crippen LogP contribution in [-0.2, 0) is 0 Å². The maximum Gasteiger partial charge on any atom is 0.173 e. The van der Waals surface area contributed by atoms with E-state index < -0.39 is 5.82 Å². The smallest absolute Gasteiger partial charge is 0.173 e. The Morgan fingerprint density at radius 1 is 1.64 bits per heavy atom. The van der Waals surface area contributed by atoms with Gasteiger partial charge in [0.1, 0.15) is 11.9 Å². The van der Waals surface area contributed by atoms with Crippen molar-refractivity contribution in [2.24, 2.45) is 0 Å². The number of nitrogens with zero attached hydrogens (tertiary/aromatic N) is 1. The molecule has 1 aromatic rings. The lowest BCUT2D eigenvalue weighted by atomic mass is 10.0. The summed E-state index contributed by atoms with van der Waals surface area (Å²) in [5.74, 6) is -0.801. The van der Waals surface area contributed by atoms with Gasteiger partial charge in [-0.3, -0.25) is 4.79 Å². The maximum atomic E-state index is 13.4. The average molecular weight is 256 g/mol. The minimum Gasteiger partial charge on any atom is -0.293 e. The third-order valence-corrected chi connectivity index (χ3v) is 2.44. The Balaban J connectivity index is 3.33. The van der Waals surface area contributed by atoms with Crippen molar-refractivity contribution >= 4 is 21.7 Å². The number of alkyl halides is 1. The molecule has 0 atom stereocenters. The van der Waals surface area contributed by atoms with Crippen LogP contribution in [-0.4, -0.2) is 11.1 Å². The summed E-state index contributed by atoms with van der Waals surface area (Å²) >= 11 is 3.01. The molecule has 0 aliphatic rings. The van der Waals surface area contributed by atoms with Gasteiger partial charge < -0.3 is 0 Å². The topological polar surface area (TPSA) is 40.9 Å². The minimum absolute atomic E-state index is 0.0337. The van der Waals surface area contributed by atoms with Crippen LogP contribution < -0.4 is 0 Å². The first-order valence-electron chi connectivity index (χ1n) is 3.90. The molecule has 0 aliphatic heterocycles. The van der Waals surface area contributed by atoms with Crippen molar-refractivity contribution in [3.05, 3.63) is 34.6 Å². The van der Waals surface area contributed by atoms with E-state index in [4.69, 9.17) is 5.26 Å². The molecule has 0 radical (unpaired) electrons. The number of hydrogen-bond donors (Lipinski definition) is 0. The fourth-order valence-corrected chi connectivity index (χ4v) is 1.45. The van der Waals surface area contributed by atoms with Crippen LogP contribution in [0.1, 0.15) is 21.5 Å². The first-order valence-corrected chi connectivity index (χ1v) is 5.02. The van der Waals surface area contributed by atoms with Crippen LogP contribution in [0.4, 0.5) is 4.39 Å². The molecule has 0 bridgehead atoms. The van der Waals surface area contributed by atoms with Crippen molar-refractivity contribution in [2.75, 3.05) is 5.33 Å². The highest BCUT2D eigenvalue weighted by Gasteiger charge is 2.13. The van der Waals surface area contributed by atoms with Gasteiger partial charge in [0.2, 0.25) is 0 Å². The molecule has 0 amide bonds. The molecule has 0 fully saturated rings. The Hall–Kier alpha value is -1.21. The van der Waals surface area contributed by atoms with Gasteiger partial charge in [0, 0.05) is 5.56 Å². The van der Waals surface area contributed by atoms with Crippen molar-refractivity contribution in [3.63, 3.8) is 0 Å². The number of carbonyl (C=O) groups is 1. The maximum absolute atomic E-state index is 13.4. The molecule has 0 aromatic heterocycles. The van der Waals surface area contributed by atoms with E-state index in [0.29, 0.717) is 5.56 Å². The molecule has 2 nitrogen and oxygen atoms in total. The van der Waals surface area contributed by atoms with Crippen LogP contribution in [0.15, 0.2) is 12.1 Å². The molecule has 0 spiro atoms. The zero-order valence-corrected chi connectivity index (χ0v) is 9.06. The predicted molar refractivity (Wildman–Crippen MR) is 54.0 cm³/mol. The largest absolute Gasteiger partial charge is 0.293 e. The SMILES string of the molecule is Cc1c(C(=O)CBr)ccc(C#N)c1F. The second kappa shape index (κ2) is 4.34. The van der Waals surface area contributed by atoms with Crippen LogP contribution in [0.2, 0.25) is 0 Å². The zero-order valence-electron chi connectivity index (χ0n) is 7.47. The molecular weight excluding hydrogens is 249 g/mol. The van der Waals surface area contributed by atoms with Crippen LogP contribution >= 0.6 is 15.9 Å². The van der Waals surface area contributed by atoms with Crippen molar-refractivity contribution in [2.45, 2.75) is 6.92 Å². The van der Waals surface area contributed by atoms with Crippen molar-refractivity contribution in [1.29, 1.82) is 5.26 Å². The molecule has 72 valence electrons. The van der Waals surface area contributed by atoms with E-state index >= 15 is 0 Å². The van der Waals surface area contributed by atoms with Gasteiger partial charge in [0.05, 0.1) is 10.9 Å². The fourth-order valence-electron chi connectivity index (χ4n) is 1.15. The summed E-state index contributed by atoms with van der Waals surface area (Å²) in [7, 11) is 0. The van der Waals surface area contributed by atoms with E-state index in [1.807, 2.05) is 0 Å². The molecule has 0 saturated carbocycles. The fraction of sp³-hybridized carbons (Fsp3) is 0.200. The molecule has 14 heavy (non-hydrogen) atoms. The van der Waals surface area contributed by atoms with E-state index in [9.17, 15) is 9.18 Å². The van der Waals surface area contributed by atoms with Crippen LogP contribution in [0.5, 0.6) is 0 Å². The van der Waals surface area contributed by atoms with Gasteiger partial charge in [-0.2, -0.15) is 5.26 Å². The monoisotopic (exact) mass is 255 g/mol. The Kier molecular flexibility index (Phi) is 3.37. The molecule has 0 heterocycles. The van der Waals surface area contributed by atoms with Crippen molar-refractivity contribution in [1.82, 2.24) is 0 Å². The lowest BCUT2D eigenvalue weighted by molar-refractivity contribution is 0.102. The van der Waals surface area contributed by atoms with E-state index in [-0.39, 0.29) is 22.2 Å². The molecule has 0 aliphatic carbocycles. The molecular formula is C10H7BrFNO. The quantitative estimate of drug-likeness (QED) is 0.602. The summed E-state index contributed by atoms with van der Waals surface area (Å²) in [6.45, 7) is 1.49. The summed E-state index contributed by atoms with van der Waals surface area (Å²) in [5, 5.41) is 8.70. The second-order valence-electron chi connectivity index (χ2n) is 2.77. The number of Topliss-reactive ketones (excluding diaryl/α,β-unsaturated/α-hetero) is 1. The number of hydrogen-bond acceptors (Lipinski definition) is 2. The summed E-state index contributed by atoms with van der Waals surface area (Å²) < 4.78 is 13.4. The Bertz CT molecular complexity index is 423. The first-order chi connectivity index (χ1) is 6.61. The highest BCUT2D eigenvalue weighted by atomic mass is 79.9. The van der Waals surface area contributed by atoms with Gasteiger partial charge >= 0.3 is 0 Å². The van der Waals surface area contributed by atoms with E-state index in [1.54, 1.807) is 6.07 Å². The molecule has 4 heteroatoms. The summed E-state index contributed by atoms with van der Waals surface area (Å²) in [4.78, 5) is 11.3. The Morgan fingerprint density at radius 3 is 2.79 bits per heavy atom. The normalized spacial score (nSPS) is 9.57. The summed E-state index contributed by atoms with van der Waals surface area (Å²) in [5.41, 5.74) is 0.514. The van der Waals surface area contributed by atoms with Gasteiger partial charge in [-0.05, 0) is 24.6 Å². The number of ketones is 1. The van der Waals surface area contributed by atoms with Gasteiger partial charge in [-0.1, -0.05) is 15.9 Å². The first kappa shape index (κ1) is 10.9. The van der Waals surface area contributed by atoms with Crippen LogP contribution in [0, 0.1) is 24.1 Å². The van der Waals surface area contributed by atoms with Gasteiger partial charge in [0.25, 0.3) is 0 Å². The number of rotatable bonds is 2. The number of nitriles is 1. The average Bonchev–Trinajstić information content (AvgIpc) is 2.21. The lowest BCUT2D eigenvalue weighted by Gasteiger charge is -2.04. The Labute approximate surface area is 89.5 Å². The summed E-state index contributed by atoms with van der Waals surface area (Å²) in [6.07, 6.45) is 0. The third kappa shape index (κ3) is 1.83. The highest BCUT2D eigenvalue weighted by molar-refractivity contribution is 9.09. The highest BCUT2D eigenvalue weighted by Crippen LogP contribution is 2.17. The van der Waals surface area contributed by atoms with Crippen molar-refractivity contribution < 1.29 is 9.18 Å². The Morgan fingerprint density at radius 2 is 2.29 bits per heavy atom. The molecule has 0 unspecified atom stereocenters. The van der Waals surface area contributed by atoms with Crippen LogP contribution in [0.3, 0.4) is 0 Å². The van der Waals surface area contributed by atoms with Gasteiger partial charge in [0.15, 0.2) is 5.78 Å². The lowest BCUT2D eigenvalue weighted by Crippen LogP contribution is -2.05. The minimum atomic E-state index is -0.612. The van der Waals surface area contributed by atoms with Gasteiger partial charge in [-0.15, -0.1) is 0 Å². The second-order valence-corrected chi connectivity index (χ2v) is 3.33. The third-order valence-electron chi connectivity index (χ3n) is 1.93. The van der Waals surface area contributed by atoms with Crippen LogP contribution in [0.25, 0.3) is 0 Å². The molecule has 1 aromatic carbocycles. The number of benzene rings is 1. The molecule has 0 saturated heterocycles. The van der Waals surface area contributed by atoms with Gasteiger partial charge in [-0.25, -0.2) is 4.39 Å². The predicted octanol–water partition coefficient (Wildman–Crippen LogP) is 2.58. The van der Waals surface area contributed by atoms with E-state index in [1.165, 1.54) is 19.1 Å². The number of carbonyl (C=O) groups excluding carboxylic acids is 1. The van der Waals surface area contributed by atoms with Crippen molar-refractivity contribution in [3.8, 4) is 6.07 Å². The zero-order chi connectivity index (χ0) is 10.7. The van der Waals surface area contributed by atoms with E-state index in [2.05, 4.69) is 15.9 Å². The summed E-state index contributed by atoms with van der Waals surface area (Å²) in [6, 6.07) is 4.51.